The fourth-order valence-electron chi connectivity index (χ4n) is 4.91. The van der Waals surface area contributed by atoms with Crippen LogP contribution in [0.2, 0.25) is 0 Å². The molecule has 2 heteroatoms. The van der Waals surface area contributed by atoms with E-state index in [-0.39, 0.29) is 66.6 Å². The maximum atomic E-state index is 9.47. The molecule has 0 saturated heterocycles. The molecule has 0 aliphatic rings. The van der Waals surface area contributed by atoms with Crippen molar-refractivity contribution in [1.82, 2.24) is 9.13 Å². The van der Waals surface area contributed by atoms with Gasteiger partial charge in [-0.05, 0) is 59.5 Å². The third-order valence-corrected chi connectivity index (χ3v) is 6.50. The van der Waals surface area contributed by atoms with Gasteiger partial charge >= 0.3 is 0 Å². The van der Waals surface area contributed by atoms with Crippen LogP contribution in [0.25, 0.3) is 66.1 Å². The van der Waals surface area contributed by atoms with E-state index in [1.807, 2.05) is 0 Å². The first-order chi connectivity index (χ1) is 25.9. The lowest BCUT2D eigenvalue weighted by Gasteiger charge is -2.12. The lowest BCUT2D eigenvalue weighted by molar-refractivity contribution is 1.17. The molecule has 178 valence electrons. The Balaban J connectivity index is 1.46. The number of para-hydroxylation sites is 4. The molecule has 0 atom stereocenters. The van der Waals surface area contributed by atoms with Crippen molar-refractivity contribution < 1.29 is 23.3 Å². The Kier molecular flexibility index (Phi) is 2.24. The van der Waals surface area contributed by atoms with Crippen molar-refractivity contribution in [3.8, 4) is 22.5 Å². The molecule has 0 amide bonds. The van der Waals surface area contributed by atoms with E-state index in [0.29, 0.717) is 5.56 Å². The topological polar surface area (TPSA) is 9.86 Å². The molecule has 0 spiro atoms. The molecule has 0 N–H and O–H groups in total. The van der Waals surface area contributed by atoms with Crippen LogP contribution in [-0.2, 0) is 0 Å². The molecule has 0 aliphatic heterocycles. The average molecular weight is 502 g/mol. The zero-order chi connectivity index (χ0) is 39.8. The van der Waals surface area contributed by atoms with Crippen LogP contribution in [0.4, 0.5) is 0 Å². The number of benzene rings is 6. The second kappa shape index (κ2) is 8.22. The first-order valence-corrected chi connectivity index (χ1v) is 11.7. The molecule has 0 radical (unpaired) electrons. The summed E-state index contributed by atoms with van der Waals surface area (Å²) >= 11 is 0. The van der Waals surface area contributed by atoms with E-state index in [4.69, 9.17) is 21.9 Å². The van der Waals surface area contributed by atoms with E-state index in [9.17, 15) is 1.37 Å². The monoisotopic (exact) mass is 501 g/mol. The minimum absolute atomic E-state index is 0.0260. The highest BCUT2D eigenvalue weighted by Gasteiger charge is 2.14. The zero-order valence-corrected chi connectivity index (χ0v) is 19.4. The van der Waals surface area contributed by atoms with Crippen molar-refractivity contribution in [2.75, 3.05) is 0 Å². The first kappa shape index (κ1) is 10.4. The minimum atomic E-state index is -0.602. The van der Waals surface area contributed by atoms with Gasteiger partial charge in [0.15, 0.2) is 0 Å². The molecule has 8 aromatic rings. The van der Waals surface area contributed by atoms with Crippen LogP contribution in [0.1, 0.15) is 23.3 Å². The van der Waals surface area contributed by atoms with Crippen LogP contribution in [0.5, 0.6) is 0 Å². The first-order valence-electron chi connectivity index (χ1n) is 20.2. The predicted octanol–water partition coefficient (Wildman–Crippen LogP) is 9.55. The number of hydrogen-bond donors (Lipinski definition) is 0. The Morgan fingerprint density at radius 2 is 0.816 bits per heavy atom. The average Bonchev–Trinajstić information content (AvgIpc) is 3.73. The van der Waals surface area contributed by atoms with E-state index in [0.717, 1.165) is 0 Å². The summed E-state index contributed by atoms with van der Waals surface area (Å²) in [5, 5.41) is -0.468. The van der Waals surface area contributed by atoms with E-state index >= 15 is 0 Å². The van der Waals surface area contributed by atoms with Crippen LogP contribution < -0.4 is 0 Å². The zero-order valence-electron chi connectivity index (χ0n) is 36.4. The highest BCUT2D eigenvalue weighted by Crippen LogP contribution is 2.35. The van der Waals surface area contributed by atoms with E-state index in [2.05, 4.69) is 0 Å². The Hall–Kier alpha value is -5.08. The molecule has 0 fully saturated rings. The molecule has 38 heavy (non-hydrogen) atoms. The molecule has 0 saturated carbocycles. The van der Waals surface area contributed by atoms with E-state index in [1.54, 1.807) is 36.4 Å². The maximum absolute atomic E-state index is 9.47. The van der Waals surface area contributed by atoms with Crippen LogP contribution >= 0.6 is 0 Å². The van der Waals surface area contributed by atoms with Crippen molar-refractivity contribution in [2.24, 2.45) is 0 Å². The Bertz CT molecular complexity index is 2920. The van der Waals surface area contributed by atoms with E-state index < -0.39 is 96.7 Å². The molecule has 0 bridgehead atoms. The van der Waals surface area contributed by atoms with Gasteiger partial charge in [0.25, 0.3) is 0 Å². The SMILES string of the molecule is [2H]c1c(-c2cccc(-n3c4c([2H])c([2H])c([2H])c([2H])c4c4c([2H])c([2H])c([2H])c([2H])c43)c2)cccc1-n1c2c([2H])c([2H])c([2H])c([2H])c2c2c([2H])c([2H])c([2H])c([2H])c21. The van der Waals surface area contributed by atoms with E-state index in [1.165, 1.54) is 15.2 Å². The summed E-state index contributed by atoms with van der Waals surface area (Å²) in [6.07, 6.45) is 0. The molecule has 6 aromatic carbocycles. The summed E-state index contributed by atoms with van der Waals surface area (Å²) in [7, 11) is 0. The van der Waals surface area contributed by atoms with Crippen molar-refractivity contribution in [3.05, 3.63) is 145 Å². The molecule has 2 aromatic heterocycles. The highest BCUT2D eigenvalue weighted by atomic mass is 15.0. The van der Waals surface area contributed by atoms with Gasteiger partial charge < -0.3 is 9.13 Å². The summed E-state index contributed by atoms with van der Waals surface area (Å²) < 4.78 is 149. The molecular formula is C36H24N2. The van der Waals surface area contributed by atoms with Gasteiger partial charge in [-0.15, -0.1) is 0 Å². The lowest BCUT2D eigenvalue weighted by Crippen LogP contribution is -1.95. The van der Waals surface area contributed by atoms with Crippen molar-refractivity contribution in [1.29, 1.82) is 0 Å². The number of nitrogens with zero attached hydrogens (tertiary/aromatic N) is 2. The largest absolute Gasteiger partial charge is 0.309 e. The molecule has 0 aliphatic carbocycles. The number of fused-ring (bicyclic) bond motifs is 6. The number of aromatic nitrogens is 2. The van der Waals surface area contributed by atoms with Crippen LogP contribution in [0, 0.1) is 0 Å². The maximum Gasteiger partial charge on any atom is 0.0651 e. The quantitative estimate of drug-likeness (QED) is 0.228. The van der Waals surface area contributed by atoms with Gasteiger partial charge in [0.1, 0.15) is 0 Å². The fraction of sp³-hybridized carbons (Fsp3) is 0. The van der Waals surface area contributed by atoms with Gasteiger partial charge in [-0.25, -0.2) is 0 Å². The molecular weight excluding hydrogens is 460 g/mol. The summed E-state index contributed by atoms with van der Waals surface area (Å²) in [4.78, 5) is 0. The summed E-state index contributed by atoms with van der Waals surface area (Å²) in [5.74, 6) is 0. The smallest absolute Gasteiger partial charge is 0.0651 e. The van der Waals surface area contributed by atoms with Crippen molar-refractivity contribution in [2.45, 2.75) is 0 Å². The standard InChI is InChI=1S/C36H24N2/c1-5-19-33-29(15-1)30-16-2-6-20-34(30)37(33)27-13-9-11-25(23-27)26-12-10-14-28(24-26)38-35-21-7-3-17-31(35)32-18-4-8-22-36(32)38/h1-24H/i1D,2D,3D,4D,5D,6D,7D,8D,15D,16D,17D,18D,19D,20D,21D,22D,23D. The predicted molar refractivity (Wildman–Crippen MR) is 161 cm³/mol. The molecule has 8 rings (SSSR count). The van der Waals surface area contributed by atoms with Gasteiger partial charge in [-0.2, -0.15) is 0 Å². The third kappa shape index (κ3) is 3.07. The van der Waals surface area contributed by atoms with Crippen molar-refractivity contribution in [3.63, 3.8) is 0 Å². The number of rotatable bonds is 3. The van der Waals surface area contributed by atoms with Crippen LogP contribution in [0.15, 0.2) is 145 Å². The molecule has 2 nitrogen and oxygen atoms in total. The lowest BCUT2D eigenvalue weighted by atomic mass is 10.0. The van der Waals surface area contributed by atoms with Gasteiger partial charge in [0.05, 0.1) is 45.4 Å². The molecule has 2 heterocycles. The summed E-state index contributed by atoms with van der Waals surface area (Å²) in [6.45, 7) is 0. The fourth-order valence-corrected chi connectivity index (χ4v) is 4.91. The van der Waals surface area contributed by atoms with Crippen LogP contribution in [-0.4, -0.2) is 9.13 Å². The van der Waals surface area contributed by atoms with Crippen LogP contribution in [0.3, 0.4) is 0 Å². The third-order valence-electron chi connectivity index (χ3n) is 6.50. The summed E-state index contributed by atoms with van der Waals surface area (Å²) in [5.41, 5.74) is 0.403. The van der Waals surface area contributed by atoms with Gasteiger partial charge in [-0.3, -0.25) is 0 Å². The van der Waals surface area contributed by atoms with Crippen molar-refractivity contribution >= 4 is 43.6 Å². The molecule has 0 unspecified atom stereocenters. The highest BCUT2D eigenvalue weighted by molar-refractivity contribution is 6.10. The Labute approximate surface area is 244 Å². The number of hydrogen-bond acceptors (Lipinski definition) is 0. The van der Waals surface area contributed by atoms with Gasteiger partial charge in [-0.1, -0.05) is 96.8 Å². The van der Waals surface area contributed by atoms with Gasteiger partial charge in [0, 0.05) is 32.9 Å². The Morgan fingerprint density at radius 3 is 1.32 bits per heavy atom. The second-order valence-corrected chi connectivity index (χ2v) is 8.57. The summed E-state index contributed by atoms with van der Waals surface area (Å²) in [6, 6.07) is 2.16. The Morgan fingerprint density at radius 1 is 0.421 bits per heavy atom. The normalized spacial score (nSPS) is 17.9. The van der Waals surface area contributed by atoms with Gasteiger partial charge in [0.2, 0.25) is 0 Å². The second-order valence-electron chi connectivity index (χ2n) is 8.57. The minimum Gasteiger partial charge on any atom is -0.309 e.